The molecule has 0 unspecified atom stereocenters. The van der Waals surface area contributed by atoms with Gasteiger partial charge in [0.25, 0.3) is 0 Å². The minimum absolute atomic E-state index is 0.0101. The second kappa shape index (κ2) is 8.17. The molecule has 1 N–H and O–H groups in total. The first-order chi connectivity index (χ1) is 12.5. The molecule has 2 aromatic rings. The number of anilines is 1. The number of benzene rings is 2. The summed E-state index contributed by atoms with van der Waals surface area (Å²) in [5, 5.41) is 3.05. The molecule has 0 spiro atoms. The average molecular weight is 350 g/mol. The molecule has 2 aromatic carbocycles. The van der Waals surface area contributed by atoms with Crippen LogP contribution in [0.4, 0.5) is 5.69 Å². The van der Waals surface area contributed by atoms with Gasteiger partial charge in [-0.2, -0.15) is 0 Å². The van der Waals surface area contributed by atoms with Crippen molar-refractivity contribution in [1.82, 2.24) is 4.90 Å². The Kier molecular flexibility index (Phi) is 5.71. The van der Waals surface area contributed by atoms with Crippen LogP contribution in [0.3, 0.4) is 0 Å². The third-order valence-corrected chi connectivity index (χ3v) is 4.99. The van der Waals surface area contributed by atoms with Crippen LogP contribution in [-0.4, -0.2) is 29.8 Å². The smallest absolute Gasteiger partial charge is 0.229 e. The molecule has 1 atom stereocenters. The average Bonchev–Trinajstić information content (AvgIpc) is 2.65. The highest BCUT2D eigenvalue weighted by atomic mass is 16.2. The van der Waals surface area contributed by atoms with Crippen molar-refractivity contribution in [2.75, 3.05) is 18.4 Å². The lowest BCUT2D eigenvalue weighted by Crippen LogP contribution is -2.44. The maximum Gasteiger partial charge on any atom is 0.229 e. The first kappa shape index (κ1) is 18.2. The molecule has 136 valence electrons. The van der Waals surface area contributed by atoms with Crippen molar-refractivity contribution in [3.05, 3.63) is 65.2 Å². The van der Waals surface area contributed by atoms with E-state index in [1.807, 2.05) is 67.3 Å². The lowest BCUT2D eigenvalue weighted by molar-refractivity contribution is -0.133. The van der Waals surface area contributed by atoms with Crippen molar-refractivity contribution in [2.45, 2.75) is 33.1 Å². The van der Waals surface area contributed by atoms with Gasteiger partial charge in [-0.3, -0.25) is 9.59 Å². The van der Waals surface area contributed by atoms with Gasteiger partial charge in [0, 0.05) is 18.8 Å². The van der Waals surface area contributed by atoms with E-state index in [1.54, 1.807) is 0 Å². The Morgan fingerprint density at radius 3 is 2.65 bits per heavy atom. The molecule has 1 aliphatic heterocycles. The lowest BCUT2D eigenvalue weighted by Gasteiger charge is -2.32. The third-order valence-electron chi connectivity index (χ3n) is 4.99. The van der Waals surface area contributed by atoms with Crippen molar-refractivity contribution >= 4 is 17.5 Å². The summed E-state index contributed by atoms with van der Waals surface area (Å²) in [6.45, 7) is 5.24. The molecule has 4 nitrogen and oxygen atoms in total. The molecule has 1 heterocycles. The Labute approximate surface area is 155 Å². The van der Waals surface area contributed by atoms with Crippen LogP contribution in [0.2, 0.25) is 0 Å². The first-order valence-electron chi connectivity index (χ1n) is 9.23. The zero-order valence-electron chi connectivity index (χ0n) is 15.5. The molecule has 1 saturated heterocycles. The molecule has 0 aliphatic carbocycles. The summed E-state index contributed by atoms with van der Waals surface area (Å²) in [7, 11) is 0. The van der Waals surface area contributed by atoms with E-state index in [2.05, 4.69) is 5.32 Å². The summed E-state index contributed by atoms with van der Waals surface area (Å²) < 4.78 is 0. The van der Waals surface area contributed by atoms with Crippen LogP contribution < -0.4 is 5.32 Å². The highest BCUT2D eigenvalue weighted by Gasteiger charge is 2.28. The fourth-order valence-corrected chi connectivity index (χ4v) is 3.41. The quantitative estimate of drug-likeness (QED) is 0.913. The Morgan fingerprint density at radius 2 is 1.88 bits per heavy atom. The van der Waals surface area contributed by atoms with E-state index in [1.165, 1.54) is 0 Å². The monoisotopic (exact) mass is 350 g/mol. The Bertz CT molecular complexity index is 786. The summed E-state index contributed by atoms with van der Waals surface area (Å²) in [6.07, 6.45) is 2.09. The molecular formula is C22H26N2O2. The molecule has 0 aromatic heterocycles. The topological polar surface area (TPSA) is 49.4 Å². The van der Waals surface area contributed by atoms with Gasteiger partial charge in [-0.05, 0) is 49.4 Å². The number of amides is 2. The summed E-state index contributed by atoms with van der Waals surface area (Å²) in [5.74, 6) is -0.0419. The zero-order chi connectivity index (χ0) is 18.5. The largest absolute Gasteiger partial charge is 0.342 e. The molecule has 0 saturated carbocycles. The van der Waals surface area contributed by atoms with E-state index in [-0.39, 0.29) is 17.7 Å². The number of piperidine rings is 1. The van der Waals surface area contributed by atoms with Gasteiger partial charge in [-0.15, -0.1) is 0 Å². The molecule has 2 amide bonds. The van der Waals surface area contributed by atoms with Crippen molar-refractivity contribution in [1.29, 1.82) is 0 Å². The van der Waals surface area contributed by atoms with E-state index in [9.17, 15) is 9.59 Å². The maximum atomic E-state index is 12.7. The van der Waals surface area contributed by atoms with E-state index in [0.717, 1.165) is 41.8 Å². The van der Waals surface area contributed by atoms with Crippen LogP contribution in [-0.2, 0) is 16.0 Å². The number of rotatable bonds is 4. The van der Waals surface area contributed by atoms with Crippen molar-refractivity contribution in [3.63, 3.8) is 0 Å². The second-order valence-electron chi connectivity index (χ2n) is 7.15. The summed E-state index contributed by atoms with van der Waals surface area (Å²) >= 11 is 0. The summed E-state index contributed by atoms with van der Waals surface area (Å²) in [5.41, 5.74) is 4.05. The van der Waals surface area contributed by atoms with Crippen molar-refractivity contribution in [3.8, 4) is 0 Å². The first-order valence-corrected chi connectivity index (χ1v) is 9.23. The standard InChI is InChI=1S/C22H26N2O2/c1-16-10-11-17(2)20(13-16)23-22(26)19-9-6-12-24(15-19)21(25)14-18-7-4-3-5-8-18/h3-5,7-8,10-11,13,19H,6,9,12,14-15H2,1-2H3,(H,23,26)/t19-/m0/s1. The molecule has 0 bridgehead atoms. The van der Waals surface area contributed by atoms with Gasteiger partial charge in [-0.25, -0.2) is 0 Å². The van der Waals surface area contributed by atoms with Gasteiger partial charge in [0.05, 0.1) is 12.3 Å². The van der Waals surface area contributed by atoms with E-state index < -0.39 is 0 Å². The lowest BCUT2D eigenvalue weighted by atomic mass is 9.96. The van der Waals surface area contributed by atoms with Crippen LogP contribution in [0.1, 0.15) is 29.5 Å². The number of hydrogen-bond donors (Lipinski definition) is 1. The van der Waals surface area contributed by atoms with E-state index in [4.69, 9.17) is 0 Å². The SMILES string of the molecule is Cc1ccc(C)c(NC(=O)[C@H]2CCCN(C(=O)Cc3ccccc3)C2)c1. The van der Waals surface area contributed by atoms with Crippen LogP contribution in [0.25, 0.3) is 0 Å². The maximum absolute atomic E-state index is 12.7. The predicted octanol–water partition coefficient (Wildman–Crippen LogP) is 3.72. The molecular weight excluding hydrogens is 324 g/mol. The van der Waals surface area contributed by atoms with Gasteiger partial charge < -0.3 is 10.2 Å². The number of nitrogens with one attached hydrogen (secondary N) is 1. The predicted molar refractivity (Wildman–Crippen MR) is 104 cm³/mol. The van der Waals surface area contributed by atoms with E-state index in [0.29, 0.717) is 13.0 Å². The molecule has 26 heavy (non-hydrogen) atoms. The van der Waals surface area contributed by atoms with Crippen LogP contribution in [0.15, 0.2) is 48.5 Å². The number of hydrogen-bond acceptors (Lipinski definition) is 2. The van der Waals surface area contributed by atoms with Crippen molar-refractivity contribution in [2.24, 2.45) is 5.92 Å². The Hall–Kier alpha value is -2.62. The molecule has 1 aliphatic rings. The molecule has 4 heteroatoms. The number of carbonyl (C=O) groups excluding carboxylic acids is 2. The Morgan fingerprint density at radius 1 is 1.12 bits per heavy atom. The number of likely N-dealkylation sites (tertiary alicyclic amines) is 1. The Balaban J connectivity index is 1.61. The number of aryl methyl sites for hydroxylation is 2. The van der Waals surface area contributed by atoms with Gasteiger partial charge in [0.1, 0.15) is 0 Å². The number of carbonyl (C=O) groups is 2. The highest BCUT2D eigenvalue weighted by molar-refractivity contribution is 5.94. The molecule has 1 fully saturated rings. The fraction of sp³-hybridized carbons (Fsp3) is 0.364. The normalized spacial score (nSPS) is 17.0. The third kappa shape index (κ3) is 4.51. The van der Waals surface area contributed by atoms with E-state index >= 15 is 0 Å². The summed E-state index contributed by atoms with van der Waals surface area (Å²) in [6, 6.07) is 15.8. The summed E-state index contributed by atoms with van der Waals surface area (Å²) in [4.78, 5) is 27.1. The van der Waals surface area contributed by atoms with Crippen LogP contribution in [0, 0.1) is 19.8 Å². The van der Waals surface area contributed by atoms with Gasteiger partial charge >= 0.3 is 0 Å². The van der Waals surface area contributed by atoms with Crippen LogP contribution in [0.5, 0.6) is 0 Å². The zero-order valence-corrected chi connectivity index (χ0v) is 15.5. The van der Waals surface area contributed by atoms with Gasteiger partial charge in [0.15, 0.2) is 0 Å². The molecule has 0 radical (unpaired) electrons. The highest BCUT2D eigenvalue weighted by Crippen LogP contribution is 2.22. The van der Waals surface area contributed by atoms with Crippen molar-refractivity contribution < 1.29 is 9.59 Å². The number of nitrogens with zero attached hydrogens (tertiary/aromatic N) is 1. The second-order valence-corrected chi connectivity index (χ2v) is 7.15. The minimum Gasteiger partial charge on any atom is -0.342 e. The van der Waals surface area contributed by atoms with Gasteiger partial charge in [-0.1, -0.05) is 42.5 Å². The molecule has 3 rings (SSSR count). The minimum atomic E-state index is -0.150. The van der Waals surface area contributed by atoms with Crippen LogP contribution >= 0.6 is 0 Å². The van der Waals surface area contributed by atoms with Gasteiger partial charge in [0.2, 0.25) is 11.8 Å². The fourth-order valence-electron chi connectivity index (χ4n) is 3.41.